The van der Waals surface area contributed by atoms with Crippen molar-refractivity contribution in [2.45, 2.75) is 6.10 Å². The molecule has 4 rings (SSSR count). The van der Waals surface area contributed by atoms with Crippen LogP contribution in [0.5, 0.6) is 0 Å². The number of halogens is 1. The zero-order valence-corrected chi connectivity index (χ0v) is 14.0. The van der Waals surface area contributed by atoms with Gasteiger partial charge in [0.05, 0.1) is 25.0 Å². The lowest BCUT2D eigenvalue weighted by molar-refractivity contribution is -0.0230. The molecule has 0 spiro atoms. The van der Waals surface area contributed by atoms with Crippen LogP contribution in [0, 0.1) is 5.82 Å². The van der Waals surface area contributed by atoms with Crippen molar-refractivity contribution in [1.29, 1.82) is 0 Å². The summed E-state index contributed by atoms with van der Waals surface area (Å²) < 4.78 is 20.4. The van der Waals surface area contributed by atoms with E-state index in [1.54, 1.807) is 27.9 Å². The molecular weight excluding hydrogens is 335 g/mol. The molecule has 1 aliphatic rings. The summed E-state index contributed by atoms with van der Waals surface area (Å²) in [5.74, 6) is -0.488. The number of amides is 1. The number of carbonyl (C=O) groups is 1. The molecule has 26 heavy (non-hydrogen) atoms. The Morgan fingerprint density at radius 2 is 1.88 bits per heavy atom. The lowest BCUT2D eigenvalue weighted by Gasteiger charge is -2.32. The first-order chi connectivity index (χ1) is 12.7. The van der Waals surface area contributed by atoms with E-state index in [0.717, 1.165) is 11.3 Å². The Morgan fingerprint density at radius 1 is 1.12 bits per heavy atom. The van der Waals surface area contributed by atoms with Crippen LogP contribution in [-0.2, 0) is 4.74 Å². The Labute approximate surface area is 149 Å². The number of rotatable bonds is 3. The number of para-hydroxylation sites is 1. The van der Waals surface area contributed by atoms with Gasteiger partial charge < -0.3 is 9.64 Å². The van der Waals surface area contributed by atoms with E-state index in [9.17, 15) is 9.18 Å². The third-order valence-electron chi connectivity index (χ3n) is 4.33. The van der Waals surface area contributed by atoms with E-state index < -0.39 is 0 Å². The number of aromatic nitrogens is 3. The maximum atomic E-state index is 13.1. The summed E-state index contributed by atoms with van der Waals surface area (Å²) >= 11 is 0. The highest BCUT2D eigenvalue weighted by molar-refractivity contribution is 5.92. The van der Waals surface area contributed by atoms with Crippen molar-refractivity contribution in [3.05, 3.63) is 77.9 Å². The summed E-state index contributed by atoms with van der Waals surface area (Å²) in [5.41, 5.74) is 1.97. The first kappa shape index (κ1) is 16.4. The van der Waals surface area contributed by atoms with Crippen molar-refractivity contribution in [3.8, 4) is 5.69 Å². The van der Waals surface area contributed by atoms with Crippen LogP contribution >= 0.6 is 0 Å². The van der Waals surface area contributed by atoms with E-state index in [1.807, 2.05) is 30.3 Å². The minimum absolute atomic E-state index is 0.192. The molecule has 7 heteroatoms. The van der Waals surface area contributed by atoms with Gasteiger partial charge >= 0.3 is 0 Å². The van der Waals surface area contributed by atoms with Gasteiger partial charge in [0.15, 0.2) is 5.69 Å². The standard InChI is InChI=1S/C19H17FN4O2/c20-15-8-6-14(7-9-15)18-13-23(10-11-26-18)19(25)17-12-24(22-21-17)16-4-2-1-3-5-16/h1-9,12,18H,10-11,13H2/t18-/m0/s1. The molecule has 1 atom stereocenters. The fourth-order valence-electron chi connectivity index (χ4n) is 2.94. The molecule has 0 bridgehead atoms. The molecule has 6 nitrogen and oxygen atoms in total. The zero-order chi connectivity index (χ0) is 17.9. The lowest BCUT2D eigenvalue weighted by Crippen LogP contribution is -2.42. The van der Waals surface area contributed by atoms with Gasteiger partial charge in [0.2, 0.25) is 0 Å². The number of hydrogen-bond acceptors (Lipinski definition) is 4. The van der Waals surface area contributed by atoms with Gasteiger partial charge in [-0.3, -0.25) is 4.79 Å². The Hall–Kier alpha value is -3.06. The molecule has 2 aromatic carbocycles. The fraction of sp³-hybridized carbons (Fsp3) is 0.211. The van der Waals surface area contributed by atoms with Gasteiger partial charge in [0.1, 0.15) is 11.9 Å². The smallest absolute Gasteiger partial charge is 0.276 e. The molecule has 132 valence electrons. The zero-order valence-electron chi connectivity index (χ0n) is 14.0. The lowest BCUT2D eigenvalue weighted by atomic mass is 10.1. The van der Waals surface area contributed by atoms with Gasteiger partial charge in [0, 0.05) is 6.54 Å². The molecular formula is C19H17FN4O2. The molecule has 0 N–H and O–H groups in total. The molecule has 1 fully saturated rings. The minimum Gasteiger partial charge on any atom is -0.370 e. The molecule has 1 aliphatic heterocycles. The molecule has 3 aromatic rings. The van der Waals surface area contributed by atoms with E-state index in [0.29, 0.717) is 19.7 Å². The van der Waals surface area contributed by atoms with Crippen LogP contribution in [0.3, 0.4) is 0 Å². The van der Waals surface area contributed by atoms with Gasteiger partial charge in [-0.25, -0.2) is 9.07 Å². The molecule has 2 heterocycles. The molecule has 0 saturated carbocycles. The van der Waals surface area contributed by atoms with Crippen molar-refractivity contribution in [2.24, 2.45) is 0 Å². The topological polar surface area (TPSA) is 60.2 Å². The molecule has 0 unspecified atom stereocenters. The summed E-state index contributed by atoms with van der Waals surface area (Å²) in [6, 6.07) is 15.6. The third-order valence-corrected chi connectivity index (χ3v) is 4.33. The van der Waals surface area contributed by atoms with E-state index >= 15 is 0 Å². The van der Waals surface area contributed by atoms with Crippen LogP contribution in [0.25, 0.3) is 5.69 Å². The summed E-state index contributed by atoms with van der Waals surface area (Å²) in [7, 11) is 0. The van der Waals surface area contributed by atoms with E-state index in [1.165, 1.54) is 12.1 Å². The summed E-state index contributed by atoms with van der Waals surface area (Å²) in [4.78, 5) is 14.5. The maximum absolute atomic E-state index is 13.1. The van der Waals surface area contributed by atoms with Gasteiger partial charge in [-0.2, -0.15) is 0 Å². The average molecular weight is 352 g/mol. The van der Waals surface area contributed by atoms with Gasteiger partial charge in [-0.05, 0) is 29.8 Å². The van der Waals surface area contributed by atoms with Crippen molar-refractivity contribution in [3.63, 3.8) is 0 Å². The first-order valence-electron chi connectivity index (χ1n) is 8.35. The number of hydrogen-bond donors (Lipinski definition) is 0. The van der Waals surface area contributed by atoms with Crippen molar-refractivity contribution in [1.82, 2.24) is 19.9 Å². The molecule has 1 amide bonds. The SMILES string of the molecule is O=C(c1cn(-c2ccccc2)nn1)N1CCO[C@H](c2ccc(F)cc2)C1. The van der Waals surface area contributed by atoms with Gasteiger partial charge in [-0.15, -0.1) is 5.10 Å². The fourth-order valence-corrected chi connectivity index (χ4v) is 2.94. The summed E-state index contributed by atoms with van der Waals surface area (Å²) in [5, 5.41) is 8.04. The minimum atomic E-state index is -0.296. The Bertz CT molecular complexity index is 895. The largest absolute Gasteiger partial charge is 0.370 e. The summed E-state index contributed by atoms with van der Waals surface area (Å²) in [6.45, 7) is 1.29. The van der Waals surface area contributed by atoms with Crippen molar-refractivity contribution >= 4 is 5.91 Å². The van der Waals surface area contributed by atoms with Crippen LogP contribution in [0.1, 0.15) is 22.2 Å². The van der Waals surface area contributed by atoms with E-state index in [-0.39, 0.29) is 23.5 Å². The summed E-state index contributed by atoms with van der Waals surface area (Å²) in [6.07, 6.45) is 1.34. The molecule has 1 saturated heterocycles. The Kier molecular flexibility index (Phi) is 4.45. The second-order valence-electron chi connectivity index (χ2n) is 6.05. The van der Waals surface area contributed by atoms with Crippen LogP contribution in [-0.4, -0.2) is 45.5 Å². The number of carbonyl (C=O) groups excluding carboxylic acids is 1. The van der Waals surface area contributed by atoms with E-state index in [4.69, 9.17) is 4.74 Å². The van der Waals surface area contributed by atoms with Crippen molar-refractivity contribution in [2.75, 3.05) is 19.7 Å². The normalized spacial score (nSPS) is 17.3. The predicted molar refractivity (Wildman–Crippen MR) is 92.4 cm³/mol. The molecule has 0 aliphatic carbocycles. The number of nitrogens with zero attached hydrogens (tertiary/aromatic N) is 4. The van der Waals surface area contributed by atoms with Crippen LogP contribution < -0.4 is 0 Å². The highest BCUT2D eigenvalue weighted by Crippen LogP contribution is 2.23. The van der Waals surface area contributed by atoms with Gasteiger partial charge in [0.25, 0.3) is 5.91 Å². The van der Waals surface area contributed by atoms with Crippen LogP contribution in [0.4, 0.5) is 4.39 Å². The number of benzene rings is 2. The van der Waals surface area contributed by atoms with Crippen LogP contribution in [0.15, 0.2) is 60.8 Å². The van der Waals surface area contributed by atoms with Crippen molar-refractivity contribution < 1.29 is 13.9 Å². The number of ether oxygens (including phenoxy) is 1. The maximum Gasteiger partial charge on any atom is 0.276 e. The highest BCUT2D eigenvalue weighted by Gasteiger charge is 2.27. The van der Waals surface area contributed by atoms with E-state index in [2.05, 4.69) is 10.3 Å². The third kappa shape index (κ3) is 3.34. The quantitative estimate of drug-likeness (QED) is 0.727. The molecule has 1 aromatic heterocycles. The van der Waals surface area contributed by atoms with Gasteiger partial charge in [-0.1, -0.05) is 35.5 Å². The first-order valence-corrected chi connectivity index (χ1v) is 8.35. The Balaban J connectivity index is 1.49. The highest BCUT2D eigenvalue weighted by atomic mass is 19.1. The molecule has 0 radical (unpaired) electrons. The predicted octanol–water partition coefficient (Wildman–Crippen LogP) is 2.62. The second kappa shape index (κ2) is 7.05. The Morgan fingerprint density at radius 3 is 2.65 bits per heavy atom. The second-order valence-corrected chi connectivity index (χ2v) is 6.05. The monoisotopic (exact) mass is 352 g/mol. The number of morpholine rings is 1. The average Bonchev–Trinajstić information content (AvgIpc) is 3.19. The van der Waals surface area contributed by atoms with Crippen LogP contribution in [0.2, 0.25) is 0 Å².